The van der Waals surface area contributed by atoms with E-state index in [1.807, 2.05) is 0 Å². The standard InChI is InChI=1S/C15H28N2O2/c1-12(13-9-16-10-13)14(18)17-11-15(7-8-19-2)5-3-4-6-15/h12-13,16H,3-11H2,1-2H3,(H,17,18). The van der Waals surface area contributed by atoms with Crippen molar-refractivity contribution in [1.82, 2.24) is 10.6 Å². The van der Waals surface area contributed by atoms with Crippen LogP contribution in [0.15, 0.2) is 0 Å². The number of amides is 1. The fourth-order valence-corrected chi connectivity index (χ4v) is 3.27. The van der Waals surface area contributed by atoms with Crippen molar-refractivity contribution in [3.05, 3.63) is 0 Å². The van der Waals surface area contributed by atoms with E-state index >= 15 is 0 Å². The Labute approximate surface area is 116 Å². The van der Waals surface area contributed by atoms with Crippen molar-refractivity contribution in [3.8, 4) is 0 Å². The summed E-state index contributed by atoms with van der Waals surface area (Å²) in [5.74, 6) is 0.899. The maximum Gasteiger partial charge on any atom is 0.223 e. The Hall–Kier alpha value is -0.610. The minimum Gasteiger partial charge on any atom is -0.385 e. The van der Waals surface area contributed by atoms with Gasteiger partial charge in [0, 0.05) is 26.2 Å². The molecule has 2 rings (SSSR count). The van der Waals surface area contributed by atoms with Crippen LogP contribution >= 0.6 is 0 Å². The van der Waals surface area contributed by atoms with Gasteiger partial charge < -0.3 is 15.4 Å². The number of carbonyl (C=O) groups excluding carboxylic acids is 1. The third-order valence-electron chi connectivity index (χ3n) is 5.07. The molecule has 1 unspecified atom stereocenters. The maximum atomic E-state index is 12.2. The van der Waals surface area contributed by atoms with Gasteiger partial charge in [0.15, 0.2) is 0 Å². The van der Waals surface area contributed by atoms with Crippen molar-refractivity contribution in [2.45, 2.75) is 39.0 Å². The molecule has 0 aromatic heterocycles. The Kier molecular flexibility index (Phi) is 5.22. The molecule has 4 nitrogen and oxygen atoms in total. The van der Waals surface area contributed by atoms with Gasteiger partial charge in [0.05, 0.1) is 0 Å². The van der Waals surface area contributed by atoms with Crippen molar-refractivity contribution < 1.29 is 9.53 Å². The molecule has 1 saturated carbocycles. The SMILES string of the molecule is COCCC1(CNC(=O)C(C)C2CNC2)CCCC1. The highest BCUT2D eigenvalue weighted by Gasteiger charge is 2.35. The maximum absolute atomic E-state index is 12.2. The van der Waals surface area contributed by atoms with Gasteiger partial charge in [-0.25, -0.2) is 0 Å². The lowest BCUT2D eigenvalue weighted by molar-refractivity contribution is -0.127. The van der Waals surface area contributed by atoms with E-state index in [0.717, 1.165) is 32.7 Å². The zero-order valence-electron chi connectivity index (χ0n) is 12.3. The molecule has 2 N–H and O–H groups in total. The molecule has 0 spiro atoms. The van der Waals surface area contributed by atoms with E-state index in [1.54, 1.807) is 7.11 Å². The van der Waals surface area contributed by atoms with Crippen LogP contribution in [0.2, 0.25) is 0 Å². The van der Waals surface area contributed by atoms with Crippen molar-refractivity contribution in [2.24, 2.45) is 17.3 Å². The van der Waals surface area contributed by atoms with Gasteiger partial charge in [-0.1, -0.05) is 19.8 Å². The number of ether oxygens (including phenoxy) is 1. The summed E-state index contributed by atoms with van der Waals surface area (Å²) in [6, 6.07) is 0. The average molecular weight is 268 g/mol. The molecular formula is C15H28N2O2. The van der Waals surface area contributed by atoms with Gasteiger partial charge in [-0.3, -0.25) is 4.79 Å². The summed E-state index contributed by atoms with van der Waals surface area (Å²) in [6.45, 7) is 5.67. The number of hydrogen-bond acceptors (Lipinski definition) is 3. The molecule has 1 amide bonds. The van der Waals surface area contributed by atoms with E-state index in [9.17, 15) is 4.79 Å². The first-order valence-electron chi connectivity index (χ1n) is 7.64. The van der Waals surface area contributed by atoms with E-state index < -0.39 is 0 Å². The molecule has 4 heteroatoms. The fraction of sp³-hybridized carbons (Fsp3) is 0.933. The molecule has 2 aliphatic rings. The van der Waals surface area contributed by atoms with Crippen molar-refractivity contribution >= 4 is 5.91 Å². The largest absolute Gasteiger partial charge is 0.385 e. The quantitative estimate of drug-likeness (QED) is 0.736. The Morgan fingerprint density at radius 2 is 2.11 bits per heavy atom. The Bertz CT molecular complexity index is 297. The van der Waals surface area contributed by atoms with Crippen LogP contribution < -0.4 is 10.6 Å². The zero-order valence-corrected chi connectivity index (χ0v) is 12.3. The second-order valence-electron chi connectivity index (χ2n) is 6.37. The molecule has 1 aliphatic carbocycles. The van der Waals surface area contributed by atoms with Crippen LogP contribution in [0.1, 0.15) is 39.0 Å². The summed E-state index contributed by atoms with van der Waals surface area (Å²) in [5.41, 5.74) is 0.295. The van der Waals surface area contributed by atoms with Gasteiger partial charge in [-0.15, -0.1) is 0 Å². The smallest absolute Gasteiger partial charge is 0.223 e. The van der Waals surface area contributed by atoms with E-state index in [0.29, 0.717) is 11.3 Å². The van der Waals surface area contributed by atoms with Crippen molar-refractivity contribution in [3.63, 3.8) is 0 Å². The summed E-state index contributed by atoms with van der Waals surface area (Å²) in [7, 11) is 1.76. The summed E-state index contributed by atoms with van der Waals surface area (Å²) < 4.78 is 5.23. The van der Waals surface area contributed by atoms with Crippen LogP contribution in [0.5, 0.6) is 0 Å². The Morgan fingerprint density at radius 3 is 2.63 bits per heavy atom. The minimum absolute atomic E-state index is 0.141. The van der Waals surface area contributed by atoms with E-state index in [2.05, 4.69) is 17.6 Å². The summed E-state index contributed by atoms with van der Waals surface area (Å²) >= 11 is 0. The van der Waals surface area contributed by atoms with Crippen molar-refractivity contribution in [1.29, 1.82) is 0 Å². The first-order valence-corrected chi connectivity index (χ1v) is 7.64. The molecule has 0 aromatic carbocycles. The van der Waals surface area contributed by atoms with Crippen LogP contribution in [0.3, 0.4) is 0 Å². The lowest BCUT2D eigenvalue weighted by Crippen LogP contribution is -2.50. The van der Waals surface area contributed by atoms with Crippen LogP contribution in [0.4, 0.5) is 0 Å². The fourth-order valence-electron chi connectivity index (χ4n) is 3.27. The van der Waals surface area contributed by atoms with E-state index in [4.69, 9.17) is 4.74 Å². The lowest BCUT2D eigenvalue weighted by Gasteiger charge is -2.34. The van der Waals surface area contributed by atoms with Crippen LogP contribution in [-0.2, 0) is 9.53 Å². The monoisotopic (exact) mass is 268 g/mol. The highest BCUT2D eigenvalue weighted by Crippen LogP contribution is 2.40. The molecule has 0 radical (unpaired) electrons. The molecule has 1 heterocycles. The third-order valence-corrected chi connectivity index (χ3v) is 5.07. The number of hydrogen-bond donors (Lipinski definition) is 2. The van der Waals surface area contributed by atoms with Gasteiger partial charge in [0.25, 0.3) is 0 Å². The predicted molar refractivity (Wildman–Crippen MR) is 75.9 cm³/mol. The number of rotatable bonds is 7. The number of carbonyl (C=O) groups is 1. The molecule has 19 heavy (non-hydrogen) atoms. The number of nitrogens with one attached hydrogen (secondary N) is 2. The van der Waals surface area contributed by atoms with Crippen LogP contribution in [0, 0.1) is 17.3 Å². The normalized spacial score (nSPS) is 23.9. The van der Waals surface area contributed by atoms with E-state index in [-0.39, 0.29) is 11.8 Å². The first kappa shape index (κ1) is 14.8. The highest BCUT2D eigenvalue weighted by atomic mass is 16.5. The Balaban J connectivity index is 1.79. The lowest BCUT2D eigenvalue weighted by atomic mass is 9.82. The molecule has 2 fully saturated rings. The molecule has 1 atom stereocenters. The predicted octanol–water partition coefficient (Wildman–Crippen LogP) is 1.55. The summed E-state index contributed by atoms with van der Waals surface area (Å²) in [5, 5.41) is 6.43. The van der Waals surface area contributed by atoms with E-state index in [1.165, 1.54) is 25.7 Å². The van der Waals surface area contributed by atoms with Gasteiger partial charge in [0.1, 0.15) is 0 Å². The van der Waals surface area contributed by atoms with Gasteiger partial charge in [0.2, 0.25) is 5.91 Å². The second-order valence-corrected chi connectivity index (χ2v) is 6.37. The summed E-state index contributed by atoms with van der Waals surface area (Å²) in [4.78, 5) is 12.2. The average Bonchev–Trinajstić information content (AvgIpc) is 2.81. The minimum atomic E-state index is 0.141. The molecule has 110 valence electrons. The Morgan fingerprint density at radius 1 is 1.42 bits per heavy atom. The van der Waals surface area contributed by atoms with Gasteiger partial charge >= 0.3 is 0 Å². The van der Waals surface area contributed by atoms with Crippen molar-refractivity contribution in [2.75, 3.05) is 33.4 Å². The second kappa shape index (κ2) is 6.71. The molecule has 0 aromatic rings. The molecule has 1 saturated heterocycles. The zero-order chi connectivity index (χ0) is 13.7. The van der Waals surface area contributed by atoms with Crippen LogP contribution in [0.25, 0.3) is 0 Å². The van der Waals surface area contributed by atoms with Gasteiger partial charge in [-0.2, -0.15) is 0 Å². The first-order chi connectivity index (χ1) is 9.17. The molecule has 1 aliphatic heterocycles. The van der Waals surface area contributed by atoms with Crippen LogP contribution in [-0.4, -0.2) is 39.3 Å². The van der Waals surface area contributed by atoms with Gasteiger partial charge in [-0.05, 0) is 43.7 Å². The number of methoxy groups -OCH3 is 1. The molecule has 0 bridgehead atoms. The summed E-state index contributed by atoms with van der Waals surface area (Å²) in [6.07, 6.45) is 6.12. The topological polar surface area (TPSA) is 50.4 Å². The third kappa shape index (κ3) is 3.69. The molecular weight excluding hydrogens is 240 g/mol. The highest BCUT2D eigenvalue weighted by molar-refractivity contribution is 5.78.